The van der Waals surface area contributed by atoms with E-state index in [-0.39, 0.29) is 13.2 Å². The lowest BCUT2D eigenvalue weighted by Gasteiger charge is -2.49. The third-order valence-corrected chi connectivity index (χ3v) is 4.54. The van der Waals surface area contributed by atoms with Gasteiger partial charge in [0.15, 0.2) is 0 Å². The second-order valence-corrected chi connectivity index (χ2v) is 6.15. The molecule has 7 heteroatoms. The van der Waals surface area contributed by atoms with Crippen molar-refractivity contribution in [3.63, 3.8) is 0 Å². The van der Waals surface area contributed by atoms with Gasteiger partial charge in [-0.2, -0.15) is 0 Å². The van der Waals surface area contributed by atoms with Crippen LogP contribution in [-0.2, 0) is 23.7 Å². The van der Waals surface area contributed by atoms with Gasteiger partial charge in [-0.1, -0.05) is 24.3 Å². The van der Waals surface area contributed by atoms with Crippen molar-refractivity contribution in [2.75, 3.05) is 27.4 Å². The van der Waals surface area contributed by atoms with Crippen LogP contribution >= 0.6 is 0 Å². The first-order valence-electron chi connectivity index (χ1n) is 8.34. The Morgan fingerprint density at radius 3 is 2.54 bits per heavy atom. The maximum atomic E-state index is 11.8. The molecule has 144 valence electrons. The van der Waals surface area contributed by atoms with Gasteiger partial charge >= 0.3 is 5.97 Å². The van der Waals surface area contributed by atoms with E-state index in [4.69, 9.17) is 23.7 Å². The van der Waals surface area contributed by atoms with Crippen LogP contribution in [0, 0.1) is 0 Å². The van der Waals surface area contributed by atoms with Gasteiger partial charge in [0.25, 0.3) is 0 Å². The van der Waals surface area contributed by atoms with Gasteiger partial charge in [-0.05, 0) is 32.1 Å². The molecule has 1 aromatic rings. The van der Waals surface area contributed by atoms with Gasteiger partial charge in [-0.25, -0.2) is 4.79 Å². The normalized spacial score (nSPS) is 30.3. The van der Waals surface area contributed by atoms with E-state index in [2.05, 4.69) is 0 Å². The fraction of sp³-hybridized carbons (Fsp3) is 0.526. The number of hydrogen-bond acceptors (Lipinski definition) is 7. The summed E-state index contributed by atoms with van der Waals surface area (Å²) in [5.74, 6) is -2.70. The summed E-state index contributed by atoms with van der Waals surface area (Å²) in [6.07, 6.45) is 1.45. The van der Waals surface area contributed by atoms with Crippen molar-refractivity contribution in [1.82, 2.24) is 0 Å². The maximum absolute atomic E-state index is 11.8. The molecule has 0 saturated carbocycles. The third-order valence-electron chi connectivity index (χ3n) is 4.54. The van der Waals surface area contributed by atoms with Gasteiger partial charge in [0.2, 0.25) is 11.6 Å². The summed E-state index contributed by atoms with van der Waals surface area (Å²) in [7, 11) is 2.98. The number of carbonyl (C=O) groups excluding carboxylic acids is 1. The smallest absolute Gasteiger partial charge is 0.338 e. The first-order chi connectivity index (χ1) is 12.3. The lowest BCUT2D eigenvalue weighted by Crippen LogP contribution is -2.63. The average Bonchev–Trinajstić information content (AvgIpc) is 2.67. The summed E-state index contributed by atoms with van der Waals surface area (Å²) in [4.78, 5) is 11.8. The van der Waals surface area contributed by atoms with E-state index in [0.29, 0.717) is 5.56 Å². The van der Waals surface area contributed by atoms with Crippen molar-refractivity contribution < 1.29 is 33.6 Å². The number of benzene rings is 1. The molecular formula is C19H26O7. The maximum Gasteiger partial charge on any atom is 0.338 e. The summed E-state index contributed by atoms with van der Waals surface area (Å²) in [6, 6.07) is 8.69. The minimum atomic E-state index is -1.18. The van der Waals surface area contributed by atoms with Crippen molar-refractivity contribution in [3.8, 4) is 0 Å². The van der Waals surface area contributed by atoms with Crippen LogP contribution in [-0.4, -0.2) is 62.3 Å². The molecule has 0 spiro atoms. The first-order valence-corrected chi connectivity index (χ1v) is 8.34. The summed E-state index contributed by atoms with van der Waals surface area (Å²) >= 11 is 0. The molecular weight excluding hydrogens is 340 g/mol. The highest BCUT2D eigenvalue weighted by atomic mass is 16.8. The summed E-state index contributed by atoms with van der Waals surface area (Å²) in [5, 5.41) is 10.3. The summed E-state index contributed by atoms with van der Waals surface area (Å²) in [5.41, 5.74) is 0.472. The molecule has 0 aromatic heterocycles. The molecule has 7 nitrogen and oxygen atoms in total. The SMILES string of the molecule is COC1(C)OC[C@H]([C@H](O)/C=C\COC(=O)c2ccccc2)O[C@@]1(C)OC. The van der Waals surface area contributed by atoms with Crippen molar-refractivity contribution in [2.24, 2.45) is 0 Å². The van der Waals surface area contributed by atoms with E-state index in [9.17, 15) is 9.90 Å². The molecule has 1 unspecified atom stereocenters. The lowest BCUT2D eigenvalue weighted by molar-refractivity contribution is -0.435. The average molecular weight is 366 g/mol. The molecule has 1 aromatic carbocycles. The highest BCUT2D eigenvalue weighted by molar-refractivity contribution is 5.89. The van der Waals surface area contributed by atoms with Crippen LogP contribution in [0.4, 0.5) is 0 Å². The molecule has 1 aliphatic rings. The fourth-order valence-electron chi connectivity index (χ4n) is 2.55. The van der Waals surface area contributed by atoms with Gasteiger partial charge < -0.3 is 28.8 Å². The van der Waals surface area contributed by atoms with Crippen molar-refractivity contribution in [1.29, 1.82) is 0 Å². The van der Waals surface area contributed by atoms with Crippen molar-refractivity contribution in [2.45, 2.75) is 37.6 Å². The Balaban J connectivity index is 1.87. The Morgan fingerprint density at radius 2 is 1.92 bits per heavy atom. The first kappa shape index (κ1) is 20.5. The number of methoxy groups -OCH3 is 2. The zero-order valence-electron chi connectivity index (χ0n) is 15.5. The molecule has 1 aliphatic heterocycles. The van der Waals surface area contributed by atoms with E-state index < -0.39 is 29.8 Å². The zero-order chi connectivity index (χ0) is 19.2. The Labute approximate surface area is 153 Å². The van der Waals surface area contributed by atoms with Crippen LogP contribution in [0.5, 0.6) is 0 Å². The van der Waals surface area contributed by atoms with Crippen LogP contribution in [0.2, 0.25) is 0 Å². The van der Waals surface area contributed by atoms with Crippen LogP contribution in [0.15, 0.2) is 42.5 Å². The number of ether oxygens (including phenoxy) is 5. The van der Waals surface area contributed by atoms with Crippen molar-refractivity contribution >= 4 is 5.97 Å². The monoisotopic (exact) mass is 366 g/mol. The number of carbonyl (C=O) groups is 1. The molecule has 4 atom stereocenters. The molecule has 26 heavy (non-hydrogen) atoms. The minimum Gasteiger partial charge on any atom is -0.458 e. The van der Waals surface area contributed by atoms with Crippen LogP contribution in [0.25, 0.3) is 0 Å². The fourth-order valence-corrected chi connectivity index (χ4v) is 2.55. The topological polar surface area (TPSA) is 83.5 Å². The van der Waals surface area contributed by atoms with Crippen LogP contribution in [0.3, 0.4) is 0 Å². The number of aliphatic hydroxyl groups is 1. The predicted molar refractivity (Wildman–Crippen MR) is 93.5 cm³/mol. The highest BCUT2D eigenvalue weighted by Crippen LogP contribution is 2.37. The molecule has 1 heterocycles. The quantitative estimate of drug-likeness (QED) is 0.583. The molecule has 0 aliphatic carbocycles. The second-order valence-electron chi connectivity index (χ2n) is 6.15. The van der Waals surface area contributed by atoms with E-state index in [1.54, 1.807) is 44.2 Å². The van der Waals surface area contributed by atoms with Gasteiger partial charge in [-0.15, -0.1) is 0 Å². The third kappa shape index (κ3) is 4.49. The molecule has 0 amide bonds. The Bertz CT molecular complexity index is 618. The van der Waals surface area contributed by atoms with Crippen molar-refractivity contribution in [3.05, 3.63) is 48.0 Å². The minimum absolute atomic E-state index is 0.0374. The molecule has 1 saturated heterocycles. The number of esters is 1. The summed E-state index contributed by atoms with van der Waals surface area (Å²) < 4.78 is 27.4. The molecule has 0 radical (unpaired) electrons. The van der Waals surface area contributed by atoms with E-state index in [0.717, 1.165) is 0 Å². The largest absolute Gasteiger partial charge is 0.458 e. The van der Waals surface area contributed by atoms with Crippen LogP contribution in [0.1, 0.15) is 24.2 Å². The molecule has 2 rings (SSSR count). The standard InChI is InChI=1S/C19H26O7/c1-18(22-3)19(2,23-4)26-16(13-25-18)15(20)11-8-12-24-17(21)14-9-6-5-7-10-14/h5-11,15-16,20H,12-13H2,1-4H3/b11-8-/t15-,16-,18?,19-/m1/s1. The zero-order valence-corrected chi connectivity index (χ0v) is 15.5. The molecule has 1 fully saturated rings. The number of rotatable bonds is 7. The van der Waals surface area contributed by atoms with Gasteiger partial charge in [-0.3, -0.25) is 0 Å². The van der Waals surface area contributed by atoms with Gasteiger partial charge in [0.1, 0.15) is 18.8 Å². The molecule has 0 bridgehead atoms. The lowest BCUT2D eigenvalue weighted by atomic mass is 10.1. The number of hydrogen-bond donors (Lipinski definition) is 1. The number of aliphatic hydroxyl groups excluding tert-OH is 1. The highest BCUT2D eigenvalue weighted by Gasteiger charge is 2.54. The Morgan fingerprint density at radius 1 is 1.27 bits per heavy atom. The van der Waals surface area contributed by atoms with E-state index in [1.807, 2.05) is 6.07 Å². The Hall–Kier alpha value is -1.77. The van der Waals surface area contributed by atoms with Gasteiger partial charge in [0, 0.05) is 14.2 Å². The second kappa shape index (κ2) is 8.75. The molecule has 1 N–H and O–H groups in total. The van der Waals surface area contributed by atoms with Gasteiger partial charge in [0.05, 0.1) is 12.2 Å². The van der Waals surface area contributed by atoms with Crippen LogP contribution < -0.4 is 0 Å². The predicted octanol–water partition coefficient (Wildman–Crippen LogP) is 1.90. The van der Waals surface area contributed by atoms with E-state index >= 15 is 0 Å². The van der Waals surface area contributed by atoms with E-state index in [1.165, 1.54) is 20.3 Å². The Kier molecular flexibility index (Phi) is 6.91. The summed E-state index contributed by atoms with van der Waals surface area (Å²) in [6.45, 7) is 3.55.